The topological polar surface area (TPSA) is 32.3 Å². The summed E-state index contributed by atoms with van der Waals surface area (Å²) in [5.74, 6) is 0.156. The van der Waals surface area contributed by atoms with Crippen molar-refractivity contribution in [1.82, 2.24) is 10.2 Å². The molecule has 3 rings (SSSR count). The van der Waals surface area contributed by atoms with Crippen molar-refractivity contribution < 1.29 is 9.18 Å². The molecule has 20 heavy (non-hydrogen) atoms. The average molecular weight is 276 g/mol. The van der Waals surface area contributed by atoms with Gasteiger partial charge in [0.2, 0.25) is 5.91 Å². The van der Waals surface area contributed by atoms with Crippen LogP contribution in [0.4, 0.5) is 4.39 Å². The van der Waals surface area contributed by atoms with Gasteiger partial charge in [-0.25, -0.2) is 4.39 Å². The Hall–Kier alpha value is -1.42. The van der Waals surface area contributed by atoms with Crippen LogP contribution in [0.15, 0.2) is 24.3 Å². The van der Waals surface area contributed by atoms with E-state index in [0.717, 1.165) is 37.9 Å². The summed E-state index contributed by atoms with van der Waals surface area (Å²) in [6, 6.07) is 6.47. The van der Waals surface area contributed by atoms with Crippen molar-refractivity contribution in [3.63, 3.8) is 0 Å². The normalized spacial score (nSPS) is 23.6. The maximum atomic E-state index is 13.2. The SMILES string of the molecule is CN(Cc1cccc(F)c1)C(=O)C1CC12CCNCC2. The van der Waals surface area contributed by atoms with Gasteiger partial charge in [0, 0.05) is 19.5 Å². The zero-order chi connectivity index (χ0) is 14.2. The quantitative estimate of drug-likeness (QED) is 0.917. The third-order valence-corrected chi connectivity index (χ3v) is 4.77. The van der Waals surface area contributed by atoms with E-state index in [4.69, 9.17) is 0 Å². The Morgan fingerprint density at radius 1 is 1.45 bits per heavy atom. The van der Waals surface area contributed by atoms with Crippen LogP contribution >= 0.6 is 0 Å². The van der Waals surface area contributed by atoms with Crippen molar-refractivity contribution >= 4 is 5.91 Å². The van der Waals surface area contributed by atoms with Crippen molar-refractivity contribution in [1.29, 1.82) is 0 Å². The molecule has 1 saturated carbocycles. The fraction of sp³-hybridized carbons (Fsp3) is 0.562. The lowest BCUT2D eigenvalue weighted by atomic mass is 9.91. The van der Waals surface area contributed by atoms with Crippen LogP contribution in [0.5, 0.6) is 0 Å². The van der Waals surface area contributed by atoms with Gasteiger partial charge in [0.05, 0.1) is 0 Å². The van der Waals surface area contributed by atoms with E-state index >= 15 is 0 Å². The van der Waals surface area contributed by atoms with E-state index in [-0.39, 0.29) is 23.1 Å². The summed E-state index contributed by atoms with van der Waals surface area (Å²) in [5.41, 5.74) is 1.11. The molecule has 1 aromatic rings. The molecule has 2 aliphatic rings. The number of piperidine rings is 1. The van der Waals surface area contributed by atoms with Gasteiger partial charge in [-0.1, -0.05) is 12.1 Å². The van der Waals surface area contributed by atoms with Gasteiger partial charge in [0.15, 0.2) is 0 Å². The number of rotatable bonds is 3. The Labute approximate surface area is 119 Å². The monoisotopic (exact) mass is 276 g/mol. The zero-order valence-corrected chi connectivity index (χ0v) is 11.9. The number of amides is 1. The van der Waals surface area contributed by atoms with Crippen LogP contribution in [0.1, 0.15) is 24.8 Å². The van der Waals surface area contributed by atoms with Crippen molar-refractivity contribution in [2.24, 2.45) is 11.3 Å². The zero-order valence-electron chi connectivity index (χ0n) is 11.9. The first-order valence-electron chi connectivity index (χ1n) is 7.31. The molecular weight excluding hydrogens is 255 g/mol. The van der Waals surface area contributed by atoms with Crippen molar-refractivity contribution in [2.75, 3.05) is 20.1 Å². The molecule has 1 unspecified atom stereocenters. The predicted octanol–water partition coefficient (Wildman–Crippen LogP) is 2.17. The molecule has 1 aromatic carbocycles. The number of carbonyl (C=O) groups excluding carboxylic acids is 1. The highest BCUT2D eigenvalue weighted by molar-refractivity contribution is 5.82. The van der Waals surface area contributed by atoms with Gasteiger partial charge in [0.25, 0.3) is 0 Å². The molecular formula is C16H21FN2O. The summed E-state index contributed by atoms with van der Waals surface area (Å²) >= 11 is 0. The number of halogens is 1. The first-order chi connectivity index (χ1) is 9.61. The molecule has 3 nitrogen and oxygen atoms in total. The molecule has 0 radical (unpaired) electrons. The van der Waals surface area contributed by atoms with Gasteiger partial charge < -0.3 is 10.2 Å². The van der Waals surface area contributed by atoms with Crippen LogP contribution in [0.25, 0.3) is 0 Å². The first-order valence-corrected chi connectivity index (χ1v) is 7.31. The number of hydrogen-bond acceptors (Lipinski definition) is 2. The minimum atomic E-state index is -0.246. The van der Waals surface area contributed by atoms with Gasteiger partial charge in [-0.3, -0.25) is 4.79 Å². The molecule has 1 aliphatic heterocycles. The Morgan fingerprint density at radius 2 is 2.20 bits per heavy atom. The molecule has 2 fully saturated rings. The number of benzene rings is 1. The molecule has 1 amide bonds. The highest BCUT2D eigenvalue weighted by atomic mass is 19.1. The van der Waals surface area contributed by atoms with Crippen LogP contribution < -0.4 is 5.32 Å². The van der Waals surface area contributed by atoms with Crippen LogP contribution in [0.3, 0.4) is 0 Å². The van der Waals surface area contributed by atoms with E-state index in [1.807, 2.05) is 13.1 Å². The molecule has 4 heteroatoms. The van der Waals surface area contributed by atoms with Crippen LogP contribution in [0.2, 0.25) is 0 Å². The summed E-state index contributed by atoms with van der Waals surface area (Å²) in [6.07, 6.45) is 3.25. The Balaban J connectivity index is 1.60. The molecule has 1 spiro atoms. The molecule has 0 bridgehead atoms. The lowest BCUT2D eigenvalue weighted by Gasteiger charge is -2.25. The smallest absolute Gasteiger partial charge is 0.226 e. The highest BCUT2D eigenvalue weighted by Crippen LogP contribution is 2.59. The van der Waals surface area contributed by atoms with E-state index in [1.54, 1.807) is 11.0 Å². The molecule has 1 atom stereocenters. The van der Waals surface area contributed by atoms with Crippen LogP contribution in [-0.2, 0) is 11.3 Å². The number of nitrogens with one attached hydrogen (secondary N) is 1. The maximum Gasteiger partial charge on any atom is 0.226 e. The number of hydrogen-bond donors (Lipinski definition) is 1. The third-order valence-electron chi connectivity index (χ3n) is 4.77. The van der Waals surface area contributed by atoms with Gasteiger partial charge in [-0.2, -0.15) is 0 Å². The first kappa shape index (κ1) is 13.6. The molecule has 1 aliphatic carbocycles. The minimum absolute atomic E-state index is 0.183. The highest BCUT2D eigenvalue weighted by Gasteiger charge is 2.58. The fourth-order valence-electron chi connectivity index (χ4n) is 3.43. The Morgan fingerprint density at radius 3 is 2.90 bits per heavy atom. The van der Waals surface area contributed by atoms with E-state index in [2.05, 4.69) is 5.32 Å². The summed E-state index contributed by atoms with van der Waals surface area (Å²) in [7, 11) is 1.82. The second-order valence-corrected chi connectivity index (χ2v) is 6.19. The molecule has 108 valence electrons. The predicted molar refractivity (Wildman–Crippen MR) is 75.5 cm³/mol. The minimum Gasteiger partial charge on any atom is -0.341 e. The second kappa shape index (κ2) is 5.17. The van der Waals surface area contributed by atoms with E-state index in [1.165, 1.54) is 12.1 Å². The van der Waals surface area contributed by atoms with Crippen LogP contribution in [-0.4, -0.2) is 30.9 Å². The largest absolute Gasteiger partial charge is 0.341 e. The lowest BCUT2D eigenvalue weighted by molar-refractivity contribution is -0.132. The summed E-state index contributed by atoms with van der Waals surface area (Å²) < 4.78 is 13.2. The molecule has 0 aromatic heterocycles. The van der Waals surface area contributed by atoms with Crippen molar-refractivity contribution in [3.05, 3.63) is 35.6 Å². The summed E-state index contributed by atoms with van der Waals surface area (Å²) in [6.45, 7) is 2.54. The third kappa shape index (κ3) is 2.57. The van der Waals surface area contributed by atoms with Gasteiger partial charge in [0.1, 0.15) is 5.82 Å². The van der Waals surface area contributed by atoms with Gasteiger partial charge in [-0.05, 0) is 55.5 Å². The second-order valence-electron chi connectivity index (χ2n) is 6.19. The van der Waals surface area contributed by atoms with Crippen molar-refractivity contribution in [2.45, 2.75) is 25.8 Å². The van der Waals surface area contributed by atoms with Gasteiger partial charge >= 0.3 is 0 Å². The van der Waals surface area contributed by atoms with E-state index in [9.17, 15) is 9.18 Å². The fourth-order valence-corrected chi connectivity index (χ4v) is 3.43. The Kier molecular flexibility index (Phi) is 3.50. The Bertz CT molecular complexity index is 511. The van der Waals surface area contributed by atoms with E-state index < -0.39 is 0 Å². The molecule has 1 saturated heterocycles. The summed E-state index contributed by atoms with van der Waals surface area (Å²) in [5, 5.41) is 3.35. The maximum absolute atomic E-state index is 13.2. The number of carbonyl (C=O) groups is 1. The van der Waals surface area contributed by atoms with Crippen LogP contribution in [0, 0.1) is 17.2 Å². The van der Waals surface area contributed by atoms with Gasteiger partial charge in [-0.15, -0.1) is 0 Å². The average Bonchev–Trinajstić information content (AvgIpc) is 3.12. The van der Waals surface area contributed by atoms with E-state index in [0.29, 0.717) is 6.54 Å². The lowest BCUT2D eigenvalue weighted by Crippen LogP contribution is -2.34. The molecule has 1 heterocycles. The van der Waals surface area contributed by atoms with Crippen molar-refractivity contribution in [3.8, 4) is 0 Å². The number of nitrogens with zero attached hydrogens (tertiary/aromatic N) is 1. The molecule has 1 N–H and O–H groups in total. The standard InChI is InChI=1S/C16H21FN2O/c1-19(11-12-3-2-4-13(17)9-12)15(20)14-10-16(14)5-7-18-8-6-16/h2-4,9,14,18H,5-8,10-11H2,1H3. The summed E-state index contributed by atoms with van der Waals surface area (Å²) in [4.78, 5) is 14.2.